The Morgan fingerprint density at radius 3 is 3.00 bits per heavy atom. The van der Waals surface area contributed by atoms with Gasteiger partial charge in [-0.2, -0.15) is 11.8 Å². The zero-order valence-electron chi connectivity index (χ0n) is 7.50. The summed E-state index contributed by atoms with van der Waals surface area (Å²) in [4.78, 5) is 0.905. The third kappa shape index (κ3) is 3.50. The van der Waals surface area contributed by atoms with Gasteiger partial charge in [0, 0.05) is 0 Å². The van der Waals surface area contributed by atoms with Gasteiger partial charge in [-0.1, -0.05) is 11.6 Å². The summed E-state index contributed by atoms with van der Waals surface area (Å²) in [6.45, 7) is 0. The van der Waals surface area contributed by atoms with Gasteiger partial charge < -0.3 is 5.11 Å². The summed E-state index contributed by atoms with van der Waals surface area (Å²) in [5.74, 6) is 1.10. The third-order valence-electron chi connectivity index (χ3n) is 1.77. The molecular weight excluding hydrogens is 224 g/mol. The van der Waals surface area contributed by atoms with Crippen molar-refractivity contribution in [1.82, 2.24) is 0 Å². The SMILES string of the molecule is CSCCCC(O)c1sccc1Cl. The lowest BCUT2D eigenvalue weighted by atomic mass is 10.2. The van der Waals surface area contributed by atoms with E-state index in [0.717, 1.165) is 23.5 Å². The van der Waals surface area contributed by atoms with Gasteiger partial charge in [-0.15, -0.1) is 11.3 Å². The predicted molar refractivity (Wildman–Crippen MR) is 61.9 cm³/mol. The molecule has 1 aromatic heterocycles. The minimum atomic E-state index is -0.375. The van der Waals surface area contributed by atoms with E-state index in [1.165, 1.54) is 11.3 Å². The maximum Gasteiger partial charge on any atom is 0.0897 e. The second-order valence-electron chi connectivity index (χ2n) is 2.78. The van der Waals surface area contributed by atoms with Crippen LogP contribution in [0.25, 0.3) is 0 Å². The molecular formula is C9H13ClOS2. The molecule has 4 heteroatoms. The Morgan fingerprint density at radius 2 is 2.46 bits per heavy atom. The monoisotopic (exact) mass is 236 g/mol. The van der Waals surface area contributed by atoms with Gasteiger partial charge in [-0.3, -0.25) is 0 Å². The van der Waals surface area contributed by atoms with Gasteiger partial charge in [-0.25, -0.2) is 0 Å². The van der Waals surface area contributed by atoms with E-state index in [-0.39, 0.29) is 6.10 Å². The molecule has 0 saturated carbocycles. The molecule has 0 amide bonds. The lowest BCUT2D eigenvalue weighted by molar-refractivity contribution is 0.171. The molecule has 0 saturated heterocycles. The Labute approximate surface area is 92.1 Å². The largest absolute Gasteiger partial charge is 0.388 e. The standard InChI is InChI=1S/C9H13ClOS2/c1-12-5-2-3-8(11)9-7(10)4-6-13-9/h4,6,8,11H,2-3,5H2,1H3. The van der Waals surface area contributed by atoms with E-state index in [9.17, 15) is 5.11 Å². The average molecular weight is 237 g/mol. The van der Waals surface area contributed by atoms with Crippen molar-refractivity contribution < 1.29 is 5.11 Å². The molecule has 0 aliphatic carbocycles. The highest BCUT2D eigenvalue weighted by Gasteiger charge is 2.11. The Morgan fingerprint density at radius 1 is 1.69 bits per heavy atom. The highest BCUT2D eigenvalue weighted by Crippen LogP contribution is 2.31. The Kier molecular flexibility index (Phi) is 5.17. The number of aliphatic hydroxyl groups is 1. The molecule has 74 valence electrons. The maximum atomic E-state index is 9.73. The molecule has 0 aromatic carbocycles. The Balaban J connectivity index is 2.39. The van der Waals surface area contributed by atoms with E-state index >= 15 is 0 Å². The Bertz CT molecular complexity index is 250. The van der Waals surface area contributed by atoms with Crippen LogP contribution in [0.5, 0.6) is 0 Å². The van der Waals surface area contributed by atoms with Gasteiger partial charge in [0.05, 0.1) is 16.0 Å². The number of rotatable bonds is 5. The fourth-order valence-electron chi connectivity index (χ4n) is 1.10. The van der Waals surface area contributed by atoms with Crippen LogP contribution in [0.15, 0.2) is 11.4 Å². The van der Waals surface area contributed by atoms with Crippen LogP contribution >= 0.6 is 34.7 Å². The van der Waals surface area contributed by atoms with Crippen molar-refractivity contribution in [2.45, 2.75) is 18.9 Å². The van der Waals surface area contributed by atoms with E-state index in [2.05, 4.69) is 6.26 Å². The Hall–Kier alpha value is 0.300. The van der Waals surface area contributed by atoms with Crippen molar-refractivity contribution in [2.75, 3.05) is 12.0 Å². The summed E-state index contributed by atoms with van der Waals surface area (Å²) >= 11 is 9.22. The van der Waals surface area contributed by atoms with Gasteiger partial charge in [-0.05, 0) is 36.3 Å². The lowest BCUT2D eigenvalue weighted by Gasteiger charge is -2.07. The molecule has 1 nitrogen and oxygen atoms in total. The van der Waals surface area contributed by atoms with Gasteiger partial charge in [0.15, 0.2) is 0 Å². The first-order valence-corrected chi connectivity index (χ1v) is 6.80. The molecule has 1 heterocycles. The highest BCUT2D eigenvalue weighted by molar-refractivity contribution is 7.98. The smallest absolute Gasteiger partial charge is 0.0897 e. The second kappa shape index (κ2) is 5.91. The molecule has 1 unspecified atom stereocenters. The highest BCUT2D eigenvalue weighted by atomic mass is 35.5. The molecule has 0 radical (unpaired) electrons. The quantitative estimate of drug-likeness (QED) is 0.789. The average Bonchev–Trinajstić information content (AvgIpc) is 2.52. The first-order chi connectivity index (χ1) is 6.25. The number of halogens is 1. The molecule has 1 N–H and O–H groups in total. The third-order valence-corrected chi connectivity index (χ3v) is 3.93. The first kappa shape index (κ1) is 11.4. The summed E-state index contributed by atoms with van der Waals surface area (Å²) in [6.07, 6.45) is 3.54. The molecule has 0 spiro atoms. The number of thioether (sulfide) groups is 1. The van der Waals surface area contributed by atoms with Crippen LogP contribution in [0.2, 0.25) is 5.02 Å². The van der Waals surface area contributed by atoms with Gasteiger partial charge >= 0.3 is 0 Å². The fourth-order valence-corrected chi connectivity index (χ4v) is 2.75. The predicted octanol–water partition coefficient (Wildman–Crippen LogP) is 3.58. The molecule has 0 bridgehead atoms. The van der Waals surface area contributed by atoms with Crippen LogP contribution in [0.1, 0.15) is 23.8 Å². The normalized spacial score (nSPS) is 13.2. The summed E-state index contributed by atoms with van der Waals surface area (Å²) in [6, 6.07) is 1.83. The van der Waals surface area contributed by atoms with Crippen molar-refractivity contribution in [3.8, 4) is 0 Å². The van der Waals surface area contributed by atoms with Crippen molar-refractivity contribution in [3.63, 3.8) is 0 Å². The van der Waals surface area contributed by atoms with Crippen LogP contribution in [0.3, 0.4) is 0 Å². The van der Waals surface area contributed by atoms with E-state index in [4.69, 9.17) is 11.6 Å². The number of aliphatic hydroxyl groups excluding tert-OH is 1. The van der Waals surface area contributed by atoms with Crippen molar-refractivity contribution in [3.05, 3.63) is 21.3 Å². The van der Waals surface area contributed by atoms with Crippen molar-refractivity contribution >= 4 is 34.7 Å². The number of hydrogen-bond acceptors (Lipinski definition) is 3. The zero-order chi connectivity index (χ0) is 9.68. The minimum absolute atomic E-state index is 0.375. The fraction of sp³-hybridized carbons (Fsp3) is 0.556. The first-order valence-electron chi connectivity index (χ1n) is 4.15. The topological polar surface area (TPSA) is 20.2 Å². The molecule has 0 fully saturated rings. The van der Waals surface area contributed by atoms with Gasteiger partial charge in [0.25, 0.3) is 0 Å². The van der Waals surface area contributed by atoms with Crippen molar-refractivity contribution in [1.29, 1.82) is 0 Å². The molecule has 0 aliphatic rings. The van der Waals surface area contributed by atoms with E-state index in [1.807, 2.05) is 11.4 Å². The van der Waals surface area contributed by atoms with Crippen LogP contribution < -0.4 is 0 Å². The molecule has 1 rings (SSSR count). The van der Waals surface area contributed by atoms with E-state index in [0.29, 0.717) is 5.02 Å². The van der Waals surface area contributed by atoms with Crippen LogP contribution in [0.4, 0.5) is 0 Å². The number of thiophene rings is 1. The zero-order valence-corrected chi connectivity index (χ0v) is 9.88. The van der Waals surface area contributed by atoms with Crippen LogP contribution in [-0.4, -0.2) is 17.1 Å². The maximum absolute atomic E-state index is 9.73. The molecule has 1 atom stereocenters. The molecule has 1 aromatic rings. The summed E-state index contributed by atoms with van der Waals surface area (Å²) in [5, 5.41) is 12.3. The lowest BCUT2D eigenvalue weighted by Crippen LogP contribution is -1.95. The van der Waals surface area contributed by atoms with Crippen LogP contribution in [-0.2, 0) is 0 Å². The van der Waals surface area contributed by atoms with Crippen molar-refractivity contribution in [2.24, 2.45) is 0 Å². The summed E-state index contributed by atoms with van der Waals surface area (Å²) in [7, 11) is 0. The van der Waals surface area contributed by atoms with E-state index in [1.54, 1.807) is 11.8 Å². The number of hydrogen-bond donors (Lipinski definition) is 1. The minimum Gasteiger partial charge on any atom is -0.388 e. The van der Waals surface area contributed by atoms with Crippen LogP contribution in [0, 0.1) is 0 Å². The second-order valence-corrected chi connectivity index (χ2v) is 5.12. The van der Waals surface area contributed by atoms with Gasteiger partial charge in [0.2, 0.25) is 0 Å². The summed E-state index contributed by atoms with van der Waals surface area (Å²) in [5.41, 5.74) is 0. The molecule has 13 heavy (non-hydrogen) atoms. The molecule has 0 aliphatic heterocycles. The summed E-state index contributed by atoms with van der Waals surface area (Å²) < 4.78 is 0. The van der Waals surface area contributed by atoms with Gasteiger partial charge in [0.1, 0.15) is 0 Å². The van der Waals surface area contributed by atoms with E-state index < -0.39 is 0 Å².